The Morgan fingerprint density at radius 2 is 2.04 bits per heavy atom. The van der Waals surface area contributed by atoms with Crippen LogP contribution in [-0.2, 0) is 11.2 Å². The predicted molar refractivity (Wildman–Crippen MR) is 84.2 cm³/mol. The molecule has 1 aromatic rings. The largest absolute Gasteiger partial charge is 0.342 e. The average Bonchev–Trinajstić information content (AvgIpc) is 2.55. The lowest BCUT2D eigenvalue weighted by Crippen LogP contribution is -2.45. The van der Waals surface area contributed by atoms with Gasteiger partial charge in [-0.2, -0.15) is 0 Å². The summed E-state index contributed by atoms with van der Waals surface area (Å²) in [4.78, 5) is 18.9. The number of piperidine rings is 1. The number of amides is 1. The zero-order chi connectivity index (χ0) is 16.3. The van der Waals surface area contributed by atoms with Gasteiger partial charge in [-0.15, -0.1) is 0 Å². The molecule has 2 aliphatic rings. The van der Waals surface area contributed by atoms with Crippen molar-refractivity contribution in [1.82, 2.24) is 9.88 Å². The highest BCUT2D eigenvalue weighted by Gasteiger charge is 2.39. The van der Waals surface area contributed by atoms with Crippen LogP contribution in [0, 0.1) is 11.8 Å². The summed E-state index contributed by atoms with van der Waals surface area (Å²) in [6.07, 6.45) is 5.13. The standard InChI is InChI=1S/C18H24F2N2O/c19-18(20)8-6-15(7-9-18)17(23)22-11-3-4-14(13-22)12-16-5-1-2-10-21-16/h1-2,5,10,14-15H,3-4,6-9,11-13H2/t14-/m1/s1. The highest BCUT2D eigenvalue weighted by atomic mass is 19.3. The van der Waals surface area contributed by atoms with E-state index in [4.69, 9.17) is 0 Å². The Morgan fingerprint density at radius 3 is 2.74 bits per heavy atom. The third-order valence-electron chi connectivity index (χ3n) is 5.12. The number of likely N-dealkylation sites (tertiary alicyclic amines) is 1. The van der Waals surface area contributed by atoms with Gasteiger partial charge in [-0.3, -0.25) is 9.78 Å². The zero-order valence-corrected chi connectivity index (χ0v) is 13.4. The van der Waals surface area contributed by atoms with Gasteiger partial charge in [0.1, 0.15) is 0 Å². The van der Waals surface area contributed by atoms with Crippen LogP contribution in [0.5, 0.6) is 0 Å². The van der Waals surface area contributed by atoms with E-state index < -0.39 is 5.92 Å². The third kappa shape index (κ3) is 4.27. The lowest BCUT2D eigenvalue weighted by atomic mass is 9.84. The second kappa shape index (κ2) is 6.93. The molecule has 5 heteroatoms. The summed E-state index contributed by atoms with van der Waals surface area (Å²) < 4.78 is 26.5. The number of alkyl halides is 2. The van der Waals surface area contributed by atoms with Gasteiger partial charge in [0.2, 0.25) is 11.8 Å². The Labute approximate surface area is 136 Å². The van der Waals surface area contributed by atoms with Crippen molar-refractivity contribution in [3.05, 3.63) is 30.1 Å². The minimum Gasteiger partial charge on any atom is -0.342 e. The van der Waals surface area contributed by atoms with Crippen molar-refractivity contribution in [2.45, 2.75) is 50.9 Å². The van der Waals surface area contributed by atoms with E-state index in [-0.39, 0.29) is 24.7 Å². The monoisotopic (exact) mass is 322 g/mol. The minimum absolute atomic E-state index is 0.0891. The first-order chi connectivity index (χ1) is 11.0. The summed E-state index contributed by atoms with van der Waals surface area (Å²) in [6, 6.07) is 5.90. The molecule has 1 amide bonds. The summed E-state index contributed by atoms with van der Waals surface area (Å²) in [5, 5.41) is 0. The van der Waals surface area contributed by atoms with Gasteiger partial charge in [0, 0.05) is 43.7 Å². The molecule has 3 nitrogen and oxygen atoms in total. The van der Waals surface area contributed by atoms with Gasteiger partial charge in [-0.1, -0.05) is 6.07 Å². The summed E-state index contributed by atoms with van der Waals surface area (Å²) >= 11 is 0. The number of carbonyl (C=O) groups excluding carboxylic acids is 1. The second-order valence-electron chi connectivity index (χ2n) is 6.95. The van der Waals surface area contributed by atoms with Crippen molar-refractivity contribution in [3.63, 3.8) is 0 Å². The molecule has 1 saturated heterocycles. The number of carbonyl (C=O) groups is 1. The van der Waals surface area contributed by atoms with Gasteiger partial charge in [0.15, 0.2) is 0 Å². The first kappa shape index (κ1) is 16.3. The quantitative estimate of drug-likeness (QED) is 0.850. The highest BCUT2D eigenvalue weighted by Crippen LogP contribution is 2.37. The Kier molecular flexibility index (Phi) is 4.93. The first-order valence-electron chi connectivity index (χ1n) is 8.60. The van der Waals surface area contributed by atoms with Gasteiger partial charge in [0.25, 0.3) is 0 Å². The summed E-state index contributed by atoms with van der Waals surface area (Å²) in [7, 11) is 0. The van der Waals surface area contributed by atoms with Crippen molar-refractivity contribution in [2.75, 3.05) is 13.1 Å². The molecular weight excluding hydrogens is 298 g/mol. The number of nitrogens with zero attached hydrogens (tertiary/aromatic N) is 2. The van der Waals surface area contributed by atoms with E-state index in [0.29, 0.717) is 18.8 Å². The Bertz CT molecular complexity index is 525. The molecule has 1 saturated carbocycles. The van der Waals surface area contributed by atoms with Crippen molar-refractivity contribution < 1.29 is 13.6 Å². The van der Waals surface area contributed by atoms with E-state index in [9.17, 15) is 13.6 Å². The van der Waals surface area contributed by atoms with Gasteiger partial charge >= 0.3 is 0 Å². The summed E-state index contributed by atoms with van der Waals surface area (Å²) in [5.41, 5.74) is 1.06. The molecule has 126 valence electrons. The van der Waals surface area contributed by atoms with E-state index in [1.54, 1.807) is 6.20 Å². The Hall–Kier alpha value is -1.52. The maximum absolute atomic E-state index is 13.3. The third-order valence-corrected chi connectivity index (χ3v) is 5.12. The average molecular weight is 322 g/mol. The molecule has 1 atom stereocenters. The molecule has 3 rings (SSSR count). The van der Waals surface area contributed by atoms with Crippen LogP contribution in [0.15, 0.2) is 24.4 Å². The molecule has 2 heterocycles. The molecule has 0 radical (unpaired) electrons. The predicted octanol–water partition coefficient (Wildman–Crippen LogP) is 3.69. The normalized spacial score (nSPS) is 25.3. The van der Waals surface area contributed by atoms with Crippen LogP contribution in [-0.4, -0.2) is 34.8 Å². The van der Waals surface area contributed by atoms with E-state index >= 15 is 0 Å². The molecule has 0 spiro atoms. The fraction of sp³-hybridized carbons (Fsp3) is 0.667. The number of aromatic nitrogens is 1. The van der Waals surface area contributed by atoms with Crippen LogP contribution in [0.25, 0.3) is 0 Å². The summed E-state index contributed by atoms with van der Waals surface area (Å²) in [6.45, 7) is 1.51. The molecule has 2 fully saturated rings. The van der Waals surface area contributed by atoms with Crippen LogP contribution in [0.4, 0.5) is 8.78 Å². The van der Waals surface area contributed by atoms with Gasteiger partial charge < -0.3 is 4.90 Å². The van der Waals surface area contributed by atoms with Crippen molar-refractivity contribution >= 4 is 5.91 Å². The maximum Gasteiger partial charge on any atom is 0.248 e. The number of hydrogen-bond donors (Lipinski definition) is 0. The molecule has 1 aliphatic carbocycles. The fourth-order valence-electron chi connectivity index (χ4n) is 3.79. The number of rotatable bonds is 3. The maximum atomic E-state index is 13.3. The van der Waals surface area contributed by atoms with Crippen LogP contribution in [0.2, 0.25) is 0 Å². The Morgan fingerprint density at radius 1 is 1.26 bits per heavy atom. The number of halogens is 2. The first-order valence-corrected chi connectivity index (χ1v) is 8.60. The molecule has 0 N–H and O–H groups in total. The Balaban J connectivity index is 1.55. The van der Waals surface area contributed by atoms with E-state index in [1.807, 2.05) is 23.1 Å². The van der Waals surface area contributed by atoms with E-state index in [0.717, 1.165) is 38.0 Å². The molecule has 1 aromatic heterocycles. The van der Waals surface area contributed by atoms with Crippen LogP contribution in [0.3, 0.4) is 0 Å². The lowest BCUT2D eigenvalue weighted by molar-refractivity contribution is -0.141. The second-order valence-corrected chi connectivity index (χ2v) is 6.95. The molecule has 0 bridgehead atoms. The van der Waals surface area contributed by atoms with Crippen molar-refractivity contribution in [3.8, 4) is 0 Å². The van der Waals surface area contributed by atoms with Crippen molar-refractivity contribution in [2.24, 2.45) is 11.8 Å². The molecular formula is C18H24F2N2O. The zero-order valence-electron chi connectivity index (χ0n) is 13.4. The molecule has 1 aliphatic heterocycles. The van der Waals surface area contributed by atoms with E-state index in [1.165, 1.54) is 0 Å². The van der Waals surface area contributed by atoms with Crippen LogP contribution in [0.1, 0.15) is 44.2 Å². The van der Waals surface area contributed by atoms with Gasteiger partial charge in [-0.05, 0) is 50.2 Å². The molecule has 23 heavy (non-hydrogen) atoms. The number of pyridine rings is 1. The van der Waals surface area contributed by atoms with Crippen LogP contribution < -0.4 is 0 Å². The summed E-state index contributed by atoms with van der Waals surface area (Å²) in [5.74, 6) is -2.26. The fourth-order valence-corrected chi connectivity index (χ4v) is 3.79. The topological polar surface area (TPSA) is 33.2 Å². The number of hydrogen-bond acceptors (Lipinski definition) is 2. The van der Waals surface area contributed by atoms with E-state index in [2.05, 4.69) is 4.98 Å². The smallest absolute Gasteiger partial charge is 0.248 e. The van der Waals surface area contributed by atoms with Crippen molar-refractivity contribution in [1.29, 1.82) is 0 Å². The van der Waals surface area contributed by atoms with Crippen LogP contribution >= 0.6 is 0 Å². The van der Waals surface area contributed by atoms with Gasteiger partial charge in [0.05, 0.1) is 0 Å². The highest BCUT2D eigenvalue weighted by molar-refractivity contribution is 5.79. The molecule has 0 unspecified atom stereocenters. The van der Waals surface area contributed by atoms with Gasteiger partial charge in [-0.25, -0.2) is 8.78 Å². The lowest BCUT2D eigenvalue weighted by Gasteiger charge is -2.37. The SMILES string of the molecule is O=C(C1CCC(F)(F)CC1)N1CCC[C@H](Cc2ccccn2)C1. The minimum atomic E-state index is -2.57. The molecule has 0 aromatic carbocycles.